The van der Waals surface area contributed by atoms with E-state index in [1.54, 1.807) is 11.8 Å². The second-order valence-corrected chi connectivity index (χ2v) is 9.77. The molecule has 0 radical (unpaired) electrons. The van der Waals surface area contributed by atoms with Crippen molar-refractivity contribution in [3.8, 4) is 0 Å². The van der Waals surface area contributed by atoms with E-state index in [4.69, 9.17) is 0 Å². The number of benzene rings is 1. The number of thioether (sulfide) groups is 1. The molecule has 4 atom stereocenters. The van der Waals surface area contributed by atoms with E-state index in [1.165, 1.54) is 17.5 Å². The molecule has 5 nitrogen and oxygen atoms in total. The Morgan fingerprint density at radius 3 is 2.86 bits per heavy atom. The third-order valence-electron chi connectivity index (χ3n) is 6.80. The molecular formula is C23H32N2O3S. The van der Waals surface area contributed by atoms with Crippen molar-refractivity contribution in [1.82, 2.24) is 10.2 Å². The number of amides is 1. The molecule has 1 amide bonds. The molecule has 1 aliphatic carbocycles. The lowest BCUT2D eigenvalue weighted by Gasteiger charge is -2.28. The van der Waals surface area contributed by atoms with Crippen LogP contribution in [-0.2, 0) is 22.4 Å². The number of nitrogens with zero attached hydrogens (tertiary/aromatic N) is 1. The van der Waals surface area contributed by atoms with Gasteiger partial charge in [0.05, 0.1) is 17.9 Å². The van der Waals surface area contributed by atoms with E-state index >= 15 is 0 Å². The number of hydrogen-bond acceptors (Lipinski definition) is 5. The summed E-state index contributed by atoms with van der Waals surface area (Å²) in [6, 6.07) is 8.24. The summed E-state index contributed by atoms with van der Waals surface area (Å²) >= 11 is 1.56. The minimum atomic E-state index is -0.296. The summed E-state index contributed by atoms with van der Waals surface area (Å²) in [5, 5.41) is 12.4. The molecule has 0 aromatic heterocycles. The van der Waals surface area contributed by atoms with Gasteiger partial charge in [-0.1, -0.05) is 24.3 Å². The summed E-state index contributed by atoms with van der Waals surface area (Å²) < 4.78 is 0. The van der Waals surface area contributed by atoms with Gasteiger partial charge in [0.1, 0.15) is 0 Å². The van der Waals surface area contributed by atoms with Gasteiger partial charge in [-0.05, 0) is 62.0 Å². The summed E-state index contributed by atoms with van der Waals surface area (Å²) in [6.07, 6.45) is 7.69. The monoisotopic (exact) mass is 416 g/mol. The van der Waals surface area contributed by atoms with Crippen LogP contribution in [0.25, 0.3) is 0 Å². The predicted octanol–water partition coefficient (Wildman–Crippen LogP) is 2.55. The van der Waals surface area contributed by atoms with Crippen LogP contribution in [0.2, 0.25) is 0 Å². The van der Waals surface area contributed by atoms with Crippen LogP contribution in [0.5, 0.6) is 0 Å². The summed E-state index contributed by atoms with van der Waals surface area (Å²) in [6.45, 7) is 0.662. The number of likely N-dealkylation sites (tertiary alicyclic amines) is 1. The average molecular weight is 417 g/mol. The lowest BCUT2D eigenvalue weighted by atomic mass is 9.81. The van der Waals surface area contributed by atoms with Gasteiger partial charge in [0.2, 0.25) is 5.91 Å². The van der Waals surface area contributed by atoms with Crippen molar-refractivity contribution in [2.24, 2.45) is 5.92 Å². The van der Waals surface area contributed by atoms with E-state index in [-0.39, 0.29) is 35.6 Å². The lowest BCUT2D eigenvalue weighted by Crippen LogP contribution is -2.48. The van der Waals surface area contributed by atoms with Crippen molar-refractivity contribution in [3.63, 3.8) is 0 Å². The molecule has 0 saturated carbocycles. The number of aryl methyl sites for hydroxylation is 1. The van der Waals surface area contributed by atoms with E-state index in [2.05, 4.69) is 29.6 Å². The number of carbonyl (C=O) groups is 2. The van der Waals surface area contributed by atoms with Crippen molar-refractivity contribution in [2.75, 3.05) is 19.0 Å². The number of fused-ring (bicyclic) bond motifs is 1. The minimum Gasteiger partial charge on any atom is -0.395 e. The van der Waals surface area contributed by atoms with Crippen molar-refractivity contribution >= 4 is 23.5 Å². The summed E-state index contributed by atoms with van der Waals surface area (Å²) in [5.74, 6) is 1.61. The fraction of sp³-hybridized carbons (Fsp3) is 0.652. The maximum Gasteiger partial charge on any atom is 0.223 e. The molecule has 6 heteroatoms. The number of nitrogens with one attached hydrogen (secondary N) is 1. The van der Waals surface area contributed by atoms with Gasteiger partial charge in [-0.3, -0.25) is 9.59 Å². The molecule has 0 spiro atoms. The average Bonchev–Trinajstić information content (AvgIpc) is 3.42. The third kappa shape index (κ3) is 4.70. The highest BCUT2D eigenvalue weighted by Crippen LogP contribution is 2.31. The van der Waals surface area contributed by atoms with Gasteiger partial charge in [-0.15, -0.1) is 11.8 Å². The fourth-order valence-electron chi connectivity index (χ4n) is 5.16. The zero-order valence-electron chi connectivity index (χ0n) is 17.0. The molecule has 0 bridgehead atoms. The molecule has 4 rings (SSSR count). The minimum absolute atomic E-state index is 0.0331. The first-order chi connectivity index (χ1) is 14.2. The summed E-state index contributed by atoms with van der Waals surface area (Å²) in [4.78, 5) is 27.7. The molecule has 1 unspecified atom stereocenters. The molecular weight excluding hydrogens is 384 g/mol. The van der Waals surface area contributed by atoms with Gasteiger partial charge in [0.25, 0.3) is 0 Å². The Morgan fingerprint density at radius 1 is 1.21 bits per heavy atom. The Bertz CT molecular complexity index is 741. The number of rotatable bonds is 7. The first-order valence-corrected chi connectivity index (χ1v) is 12.1. The molecule has 3 aliphatic rings. The van der Waals surface area contributed by atoms with E-state index < -0.39 is 0 Å². The van der Waals surface area contributed by atoms with Gasteiger partial charge in [0, 0.05) is 24.9 Å². The van der Waals surface area contributed by atoms with E-state index in [1.807, 2.05) is 4.90 Å². The second kappa shape index (κ2) is 9.63. The van der Waals surface area contributed by atoms with Crippen LogP contribution < -0.4 is 5.32 Å². The van der Waals surface area contributed by atoms with Crippen molar-refractivity contribution < 1.29 is 14.7 Å². The zero-order chi connectivity index (χ0) is 20.2. The van der Waals surface area contributed by atoms with Crippen LogP contribution in [0.4, 0.5) is 0 Å². The molecule has 29 heavy (non-hydrogen) atoms. The van der Waals surface area contributed by atoms with Crippen LogP contribution in [-0.4, -0.2) is 58.1 Å². The SMILES string of the molecule is O=C(C1SCN[C@@H]1CO)[C@@H]1CCCN1C(=O)CCC[C@H]1CCc2ccccc2C1. The van der Waals surface area contributed by atoms with Crippen LogP contribution >= 0.6 is 11.8 Å². The number of ketones is 1. The smallest absolute Gasteiger partial charge is 0.223 e. The zero-order valence-corrected chi connectivity index (χ0v) is 17.8. The molecule has 158 valence electrons. The normalized spacial score (nSPS) is 29.1. The number of carbonyl (C=O) groups excluding carboxylic acids is 2. The van der Waals surface area contributed by atoms with Crippen LogP contribution in [0.3, 0.4) is 0 Å². The number of Topliss-reactive ketones (excluding diaryl/α,β-unsaturated/α-hetero) is 1. The van der Waals surface area contributed by atoms with E-state index in [9.17, 15) is 14.7 Å². The van der Waals surface area contributed by atoms with E-state index in [0.717, 1.165) is 38.5 Å². The van der Waals surface area contributed by atoms with Gasteiger partial charge in [-0.25, -0.2) is 0 Å². The number of aliphatic hydroxyl groups excluding tert-OH is 1. The van der Waals surface area contributed by atoms with Crippen molar-refractivity contribution in [1.29, 1.82) is 0 Å². The lowest BCUT2D eigenvalue weighted by molar-refractivity contribution is -0.137. The molecule has 1 aromatic carbocycles. The van der Waals surface area contributed by atoms with Gasteiger partial charge in [-0.2, -0.15) is 0 Å². The molecule has 2 heterocycles. The topological polar surface area (TPSA) is 69.6 Å². The van der Waals surface area contributed by atoms with Gasteiger partial charge < -0.3 is 15.3 Å². The maximum absolute atomic E-state index is 13.0. The quantitative estimate of drug-likeness (QED) is 0.715. The number of aliphatic hydroxyl groups is 1. The van der Waals surface area contributed by atoms with Crippen molar-refractivity contribution in [3.05, 3.63) is 35.4 Å². The van der Waals surface area contributed by atoms with Crippen LogP contribution in [0, 0.1) is 5.92 Å². The largest absolute Gasteiger partial charge is 0.395 e. The van der Waals surface area contributed by atoms with Crippen LogP contribution in [0.15, 0.2) is 24.3 Å². The first kappa shape index (κ1) is 20.9. The third-order valence-corrected chi connectivity index (χ3v) is 8.06. The summed E-state index contributed by atoms with van der Waals surface area (Å²) in [5.41, 5.74) is 2.96. The Hall–Kier alpha value is -1.37. The highest BCUT2D eigenvalue weighted by Gasteiger charge is 2.41. The maximum atomic E-state index is 13.0. The van der Waals surface area contributed by atoms with Gasteiger partial charge >= 0.3 is 0 Å². The summed E-state index contributed by atoms with van der Waals surface area (Å²) in [7, 11) is 0. The molecule has 2 fully saturated rings. The Morgan fingerprint density at radius 2 is 2.03 bits per heavy atom. The molecule has 2 aliphatic heterocycles. The highest BCUT2D eigenvalue weighted by molar-refractivity contribution is 8.00. The Kier molecular flexibility index (Phi) is 6.93. The van der Waals surface area contributed by atoms with Gasteiger partial charge in [0.15, 0.2) is 5.78 Å². The van der Waals surface area contributed by atoms with E-state index in [0.29, 0.717) is 24.8 Å². The molecule has 2 saturated heterocycles. The van der Waals surface area contributed by atoms with Crippen molar-refractivity contribution in [2.45, 2.75) is 68.7 Å². The first-order valence-electron chi connectivity index (χ1n) is 11.0. The second-order valence-electron chi connectivity index (χ2n) is 8.64. The standard InChI is InChI=1S/C23H32N2O3S/c26-14-19-23(29-15-24-19)22(28)20-8-4-12-25(20)21(27)9-3-5-16-10-11-17-6-1-2-7-18(17)13-16/h1-2,6-7,16,19-20,23-24,26H,3-5,8-15H2/t16-,19+,20-,23?/m0/s1. The number of hydrogen-bond donors (Lipinski definition) is 2. The molecule has 1 aromatic rings. The predicted molar refractivity (Wildman–Crippen MR) is 116 cm³/mol. The highest BCUT2D eigenvalue weighted by atomic mass is 32.2. The Labute approximate surface area is 177 Å². The molecule has 2 N–H and O–H groups in total. The fourth-order valence-corrected chi connectivity index (χ4v) is 6.39. The van der Waals surface area contributed by atoms with Crippen LogP contribution in [0.1, 0.15) is 49.7 Å². The Balaban J connectivity index is 1.26.